The summed E-state index contributed by atoms with van der Waals surface area (Å²) >= 11 is 0. The molecule has 5 heteroatoms. The van der Waals surface area contributed by atoms with E-state index in [9.17, 15) is 0 Å². The number of ether oxygens (including phenoxy) is 3. The summed E-state index contributed by atoms with van der Waals surface area (Å²) in [4.78, 5) is 2.32. The Hall–Kier alpha value is -0.200. The van der Waals surface area contributed by atoms with Crippen LogP contribution in [0.25, 0.3) is 0 Å². The lowest BCUT2D eigenvalue weighted by Gasteiger charge is -2.48. The minimum Gasteiger partial charge on any atom is -0.378 e. The third kappa shape index (κ3) is 2.49. The molecule has 1 N–H and O–H groups in total. The molecule has 0 radical (unpaired) electrons. The second kappa shape index (κ2) is 4.76. The van der Waals surface area contributed by atoms with Crippen LogP contribution >= 0.6 is 0 Å². The molecule has 2 rings (SSSR count). The van der Waals surface area contributed by atoms with Crippen LogP contribution in [0.5, 0.6) is 0 Å². The van der Waals surface area contributed by atoms with Crippen molar-refractivity contribution in [1.82, 2.24) is 10.2 Å². The number of methoxy groups -OCH3 is 2. The van der Waals surface area contributed by atoms with E-state index in [0.29, 0.717) is 6.04 Å². The molecule has 0 aromatic heterocycles. The quantitative estimate of drug-likeness (QED) is 0.628. The van der Waals surface area contributed by atoms with E-state index in [1.54, 1.807) is 14.2 Å². The number of nitrogens with one attached hydrogen (secondary N) is 1. The zero-order valence-corrected chi connectivity index (χ0v) is 9.49. The minimum atomic E-state index is -0.366. The van der Waals surface area contributed by atoms with E-state index in [4.69, 9.17) is 14.2 Å². The SMILES string of the molecule is COC1(OC)CN(CC2COCCN2)C1. The lowest BCUT2D eigenvalue weighted by Crippen LogP contribution is -2.66. The zero-order valence-electron chi connectivity index (χ0n) is 9.49. The molecule has 1 unspecified atom stereocenters. The monoisotopic (exact) mass is 216 g/mol. The molecule has 0 spiro atoms. The van der Waals surface area contributed by atoms with Crippen molar-refractivity contribution in [3.63, 3.8) is 0 Å². The Labute approximate surface area is 90.7 Å². The molecule has 88 valence electrons. The maximum atomic E-state index is 5.40. The lowest BCUT2D eigenvalue weighted by atomic mass is 10.1. The van der Waals surface area contributed by atoms with Gasteiger partial charge >= 0.3 is 0 Å². The number of nitrogens with zero attached hydrogens (tertiary/aromatic N) is 1. The van der Waals surface area contributed by atoms with Gasteiger partial charge in [-0.1, -0.05) is 0 Å². The van der Waals surface area contributed by atoms with Crippen LogP contribution < -0.4 is 5.32 Å². The van der Waals surface area contributed by atoms with Crippen molar-refractivity contribution in [3.05, 3.63) is 0 Å². The van der Waals surface area contributed by atoms with Crippen molar-refractivity contribution in [2.75, 3.05) is 53.6 Å². The average Bonchev–Trinajstić information content (AvgIpc) is 2.24. The van der Waals surface area contributed by atoms with E-state index in [2.05, 4.69) is 10.2 Å². The van der Waals surface area contributed by atoms with Crippen LogP contribution in [0.2, 0.25) is 0 Å². The highest BCUT2D eigenvalue weighted by Crippen LogP contribution is 2.25. The molecule has 15 heavy (non-hydrogen) atoms. The van der Waals surface area contributed by atoms with Gasteiger partial charge in [0.25, 0.3) is 0 Å². The van der Waals surface area contributed by atoms with E-state index < -0.39 is 0 Å². The van der Waals surface area contributed by atoms with E-state index >= 15 is 0 Å². The van der Waals surface area contributed by atoms with Crippen molar-refractivity contribution in [3.8, 4) is 0 Å². The van der Waals surface area contributed by atoms with E-state index in [1.807, 2.05) is 0 Å². The molecule has 2 heterocycles. The fraction of sp³-hybridized carbons (Fsp3) is 1.00. The molecule has 2 fully saturated rings. The van der Waals surface area contributed by atoms with Crippen LogP contribution in [0.1, 0.15) is 0 Å². The molecule has 1 atom stereocenters. The van der Waals surface area contributed by atoms with Gasteiger partial charge in [-0.25, -0.2) is 0 Å². The molecule has 0 saturated carbocycles. The predicted molar refractivity (Wildman–Crippen MR) is 55.8 cm³/mol. The van der Waals surface area contributed by atoms with Gasteiger partial charge in [0.05, 0.1) is 26.3 Å². The maximum absolute atomic E-state index is 5.40. The lowest BCUT2D eigenvalue weighted by molar-refractivity contribution is -0.276. The first kappa shape index (κ1) is 11.3. The molecule has 0 amide bonds. The molecule has 5 nitrogen and oxygen atoms in total. The second-order valence-corrected chi connectivity index (χ2v) is 4.21. The van der Waals surface area contributed by atoms with E-state index in [-0.39, 0.29) is 5.79 Å². The van der Waals surface area contributed by atoms with Crippen molar-refractivity contribution < 1.29 is 14.2 Å². The normalized spacial score (nSPS) is 31.2. The summed E-state index contributed by atoms with van der Waals surface area (Å²) in [6.45, 7) is 5.29. The third-order valence-electron chi connectivity index (χ3n) is 3.15. The van der Waals surface area contributed by atoms with Crippen molar-refractivity contribution in [2.24, 2.45) is 0 Å². The molecule has 0 bridgehead atoms. The highest BCUT2D eigenvalue weighted by molar-refractivity contribution is 4.91. The van der Waals surface area contributed by atoms with Gasteiger partial charge in [-0.15, -0.1) is 0 Å². The molecule has 0 aromatic rings. The van der Waals surface area contributed by atoms with Crippen LogP contribution in [-0.4, -0.2) is 70.3 Å². The third-order valence-corrected chi connectivity index (χ3v) is 3.15. The molecular weight excluding hydrogens is 196 g/mol. The van der Waals surface area contributed by atoms with Crippen molar-refractivity contribution in [2.45, 2.75) is 11.8 Å². The molecule has 0 aromatic carbocycles. The number of rotatable bonds is 4. The van der Waals surface area contributed by atoms with E-state index in [1.165, 1.54) is 0 Å². The number of morpholine rings is 1. The van der Waals surface area contributed by atoms with E-state index in [0.717, 1.165) is 39.4 Å². The van der Waals surface area contributed by atoms with Gasteiger partial charge < -0.3 is 19.5 Å². The van der Waals surface area contributed by atoms with Crippen LogP contribution in [0, 0.1) is 0 Å². The Morgan fingerprint density at radius 1 is 1.40 bits per heavy atom. The van der Waals surface area contributed by atoms with Gasteiger partial charge in [0.2, 0.25) is 0 Å². The van der Waals surface area contributed by atoms with Crippen LogP contribution in [0.3, 0.4) is 0 Å². The molecule has 2 aliphatic rings. The molecular formula is C10H20N2O3. The Bertz CT molecular complexity index is 195. The number of hydrogen-bond acceptors (Lipinski definition) is 5. The topological polar surface area (TPSA) is 43.0 Å². The van der Waals surface area contributed by atoms with Crippen LogP contribution in [-0.2, 0) is 14.2 Å². The summed E-state index contributed by atoms with van der Waals surface area (Å²) in [5.41, 5.74) is 0. The predicted octanol–water partition coefficient (Wildman–Crippen LogP) is -0.720. The minimum absolute atomic E-state index is 0.366. The summed E-state index contributed by atoms with van der Waals surface area (Å²) in [5.74, 6) is -0.366. The van der Waals surface area contributed by atoms with Crippen molar-refractivity contribution in [1.29, 1.82) is 0 Å². The average molecular weight is 216 g/mol. The van der Waals surface area contributed by atoms with Gasteiger partial charge in [-0.3, -0.25) is 4.90 Å². The number of hydrogen-bond donors (Lipinski definition) is 1. The Balaban J connectivity index is 1.70. The first-order valence-electron chi connectivity index (χ1n) is 5.42. The second-order valence-electron chi connectivity index (χ2n) is 4.21. The fourth-order valence-electron chi connectivity index (χ4n) is 2.15. The largest absolute Gasteiger partial charge is 0.378 e. The first-order chi connectivity index (χ1) is 7.28. The Morgan fingerprint density at radius 3 is 2.67 bits per heavy atom. The molecule has 2 aliphatic heterocycles. The smallest absolute Gasteiger partial charge is 0.193 e. The summed E-state index contributed by atoms with van der Waals surface area (Å²) in [6.07, 6.45) is 0. The fourth-order valence-corrected chi connectivity index (χ4v) is 2.15. The summed E-state index contributed by atoms with van der Waals surface area (Å²) in [5, 5.41) is 3.43. The Kier molecular flexibility index (Phi) is 3.58. The first-order valence-corrected chi connectivity index (χ1v) is 5.42. The Morgan fingerprint density at radius 2 is 2.13 bits per heavy atom. The van der Waals surface area contributed by atoms with Crippen LogP contribution in [0.4, 0.5) is 0 Å². The summed E-state index contributed by atoms with van der Waals surface area (Å²) in [7, 11) is 3.39. The summed E-state index contributed by atoms with van der Waals surface area (Å²) < 4.78 is 16.1. The molecule has 0 aliphatic carbocycles. The zero-order chi connectivity index (χ0) is 10.7. The van der Waals surface area contributed by atoms with Crippen molar-refractivity contribution >= 4 is 0 Å². The van der Waals surface area contributed by atoms with Gasteiger partial charge in [0, 0.05) is 33.4 Å². The van der Waals surface area contributed by atoms with Gasteiger partial charge in [0.1, 0.15) is 0 Å². The van der Waals surface area contributed by atoms with Gasteiger partial charge in [-0.2, -0.15) is 0 Å². The van der Waals surface area contributed by atoms with Gasteiger partial charge in [0.15, 0.2) is 5.79 Å². The number of likely N-dealkylation sites (tertiary alicyclic amines) is 1. The highest BCUT2D eigenvalue weighted by Gasteiger charge is 2.44. The maximum Gasteiger partial charge on any atom is 0.193 e. The standard InChI is InChI=1S/C10H20N2O3/c1-13-10(14-2)7-12(8-10)5-9-6-15-4-3-11-9/h9,11H,3-8H2,1-2H3. The molecule has 2 saturated heterocycles. The van der Waals surface area contributed by atoms with Crippen LogP contribution in [0.15, 0.2) is 0 Å². The van der Waals surface area contributed by atoms with Gasteiger partial charge in [-0.05, 0) is 0 Å². The summed E-state index contributed by atoms with van der Waals surface area (Å²) in [6, 6.07) is 0.450. The highest BCUT2D eigenvalue weighted by atomic mass is 16.7.